The Bertz CT molecular complexity index is 773. The van der Waals surface area contributed by atoms with Crippen LogP contribution in [0.25, 0.3) is 0 Å². The maximum Gasteiger partial charge on any atom is 0.293 e. The van der Waals surface area contributed by atoms with Gasteiger partial charge in [0.2, 0.25) is 0 Å². The van der Waals surface area contributed by atoms with E-state index in [9.17, 15) is 14.9 Å². The van der Waals surface area contributed by atoms with Gasteiger partial charge in [-0.1, -0.05) is 6.92 Å². The first-order chi connectivity index (χ1) is 11.8. The molecule has 0 unspecified atom stereocenters. The molecule has 1 heterocycles. The normalized spacial score (nSPS) is 10.8. The number of rotatable bonds is 7. The van der Waals surface area contributed by atoms with E-state index >= 15 is 0 Å². The fourth-order valence-electron chi connectivity index (χ4n) is 2.39. The predicted molar refractivity (Wildman–Crippen MR) is 99.3 cm³/mol. The van der Waals surface area contributed by atoms with E-state index in [0.29, 0.717) is 12.2 Å². The van der Waals surface area contributed by atoms with Crippen molar-refractivity contribution in [3.63, 3.8) is 0 Å². The van der Waals surface area contributed by atoms with Crippen molar-refractivity contribution in [3.05, 3.63) is 50.0 Å². The number of carbonyl (C=O) groups excluding carboxylic acids is 1. The fraction of sp³-hybridized carbons (Fsp3) is 0.412. The van der Waals surface area contributed by atoms with Crippen LogP contribution in [0.5, 0.6) is 0 Å². The quantitative estimate of drug-likeness (QED) is 0.602. The fourth-order valence-corrected chi connectivity index (χ4v) is 3.13. The van der Waals surface area contributed by atoms with Crippen molar-refractivity contribution in [2.45, 2.75) is 39.8 Å². The van der Waals surface area contributed by atoms with Crippen LogP contribution in [-0.4, -0.2) is 28.9 Å². The summed E-state index contributed by atoms with van der Waals surface area (Å²) in [5, 5.41) is 17.2. The number of thiazole rings is 1. The summed E-state index contributed by atoms with van der Waals surface area (Å²) in [6.07, 6.45) is 0.869. The third kappa shape index (κ3) is 4.76. The summed E-state index contributed by atoms with van der Waals surface area (Å²) in [5.41, 5.74) is 1.52. The predicted octanol–water partition coefficient (Wildman–Crippen LogP) is 3.39. The standard InChI is InChI=1S/C17H22N4O3S/c1-5-16-19-13(10-25-16)9-20(4)14-7-6-12(8-15(14)21(23)24)17(22)18-11(2)3/h6-8,10-11H,5,9H2,1-4H3,(H,18,22). The smallest absolute Gasteiger partial charge is 0.293 e. The minimum Gasteiger partial charge on any atom is -0.363 e. The molecule has 2 aromatic rings. The lowest BCUT2D eigenvalue weighted by Crippen LogP contribution is -2.30. The van der Waals surface area contributed by atoms with Crippen molar-refractivity contribution >= 4 is 28.6 Å². The molecule has 0 aliphatic carbocycles. The number of nitrogens with zero attached hydrogens (tertiary/aromatic N) is 3. The van der Waals surface area contributed by atoms with Crippen molar-refractivity contribution in [1.82, 2.24) is 10.3 Å². The first kappa shape index (κ1) is 18.9. The number of amides is 1. The molecule has 1 amide bonds. The van der Waals surface area contributed by atoms with Gasteiger partial charge in [0.1, 0.15) is 5.69 Å². The zero-order chi connectivity index (χ0) is 18.6. The highest BCUT2D eigenvalue weighted by atomic mass is 32.1. The summed E-state index contributed by atoms with van der Waals surface area (Å²) in [6, 6.07) is 4.50. The topological polar surface area (TPSA) is 88.4 Å². The van der Waals surface area contributed by atoms with E-state index in [1.54, 1.807) is 35.4 Å². The van der Waals surface area contributed by atoms with Crippen molar-refractivity contribution in [2.75, 3.05) is 11.9 Å². The van der Waals surface area contributed by atoms with Crippen LogP contribution in [0.2, 0.25) is 0 Å². The largest absolute Gasteiger partial charge is 0.363 e. The highest BCUT2D eigenvalue weighted by molar-refractivity contribution is 7.09. The van der Waals surface area contributed by atoms with Gasteiger partial charge in [-0.25, -0.2) is 4.98 Å². The molecule has 0 atom stereocenters. The number of nitrogens with one attached hydrogen (secondary N) is 1. The molecule has 25 heavy (non-hydrogen) atoms. The second-order valence-corrected chi connectivity index (χ2v) is 6.97. The molecule has 0 fully saturated rings. The van der Waals surface area contributed by atoms with Gasteiger partial charge in [-0.3, -0.25) is 14.9 Å². The third-order valence-corrected chi connectivity index (χ3v) is 4.61. The number of hydrogen-bond donors (Lipinski definition) is 1. The molecule has 1 aromatic heterocycles. The SMILES string of the molecule is CCc1nc(CN(C)c2ccc(C(=O)NC(C)C)cc2[N+](=O)[O-])cs1. The molecule has 7 nitrogen and oxygen atoms in total. The van der Waals surface area contributed by atoms with Crippen LogP contribution < -0.4 is 10.2 Å². The highest BCUT2D eigenvalue weighted by Gasteiger charge is 2.21. The Kier molecular flexibility index (Phi) is 6.08. The monoisotopic (exact) mass is 362 g/mol. The molecule has 0 spiro atoms. The number of carbonyl (C=O) groups is 1. The second kappa shape index (κ2) is 8.06. The Balaban J connectivity index is 2.26. The van der Waals surface area contributed by atoms with Gasteiger partial charge in [0.25, 0.3) is 11.6 Å². The molecule has 2 rings (SSSR count). The zero-order valence-electron chi connectivity index (χ0n) is 14.8. The van der Waals surface area contributed by atoms with E-state index < -0.39 is 4.92 Å². The Morgan fingerprint density at radius 2 is 2.16 bits per heavy atom. The first-order valence-corrected chi connectivity index (χ1v) is 8.93. The van der Waals surface area contributed by atoms with Crippen molar-refractivity contribution < 1.29 is 9.72 Å². The molecule has 0 saturated heterocycles. The number of nitro benzene ring substituents is 1. The molecule has 8 heteroatoms. The summed E-state index contributed by atoms with van der Waals surface area (Å²) < 4.78 is 0. The molecule has 0 aliphatic rings. The molecule has 134 valence electrons. The van der Waals surface area contributed by atoms with Crippen molar-refractivity contribution in [2.24, 2.45) is 0 Å². The lowest BCUT2D eigenvalue weighted by molar-refractivity contribution is -0.384. The Morgan fingerprint density at radius 1 is 1.44 bits per heavy atom. The van der Waals surface area contributed by atoms with E-state index in [4.69, 9.17) is 0 Å². The van der Waals surface area contributed by atoms with Gasteiger partial charge >= 0.3 is 0 Å². The van der Waals surface area contributed by atoms with Crippen LogP contribution in [-0.2, 0) is 13.0 Å². The first-order valence-electron chi connectivity index (χ1n) is 8.05. The minimum absolute atomic E-state index is 0.0358. The molecule has 1 N–H and O–H groups in total. The molecule has 1 aromatic carbocycles. The van der Waals surface area contributed by atoms with Gasteiger partial charge in [0.05, 0.1) is 22.2 Å². The summed E-state index contributed by atoms with van der Waals surface area (Å²) in [6.45, 7) is 6.19. The van der Waals surface area contributed by atoms with Crippen LogP contribution >= 0.6 is 11.3 Å². The maximum absolute atomic E-state index is 12.1. The molecular weight excluding hydrogens is 340 g/mol. The van der Waals surface area contributed by atoms with E-state index in [1.807, 2.05) is 26.2 Å². The lowest BCUT2D eigenvalue weighted by Gasteiger charge is -2.18. The summed E-state index contributed by atoms with van der Waals surface area (Å²) in [4.78, 5) is 29.3. The molecule has 0 bridgehead atoms. The van der Waals surface area contributed by atoms with Gasteiger partial charge in [-0.05, 0) is 32.4 Å². The third-order valence-electron chi connectivity index (χ3n) is 3.57. The Hall–Kier alpha value is -2.48. The summed E-state index contributed by atoms with van der Waals surface area (Å²) in [7, 11) is 1.78. The van der Waals surface area contributed by atoms with Gasteiger partial charge in [0.15, 0.2) is 0 Å². The summed E-state index contributed by atoms with van der Waals surface area (Å²) >= 11 is 1.58. The number of aromatic nitrogens is 1. The van der Waals surface area contributed by atoms with Crippen LogP contribution in [0.4, 0.5) is 11.4 Å². The average Bonchev–Trinajstić information content (AvgIpc) is 3.01. The Labute approximate surface area is 150 Å². The van der Waals surface area contributed by atoms with Crippen molar-refractivity contribution in [1.29, 1.82) is 0 Å². The number of anilines is 1. The zero-order valence-corrected chi connectivity index (χ0v) is 15.6. The Morgan fingerprint density at radius 3 is 2.72 bits per heavy atom. The lowest BCUT2D eigenvalue weighted by atomic mass is 10.1. The van der Waals surface area contributed by atoms with E-state index in [1.165, 1.54) is 6.07 Å². The van der Waals surface area contributed by atoms with E-state index in [2.05, 4.69) is 10.3 Å². The van der Waals surface area contributed by atoms with Crippen LogP contribution in [0.3, 0.4) is 0 Å². The minimum atomic E-state index is -0.462. The number of aryl methyl sites for hydroxylation is 1. The van der Waals surface area contributed by atoms with E-state index in [-0.39, 0.29) is 23.2 Å². The molecule has 0 saturated carbocycles. The summed E-state index contributed by atoms with van der Waals surface area (Å²) in [5.74, 6) is -0.320. The second-order valence-electron chi connectivity index (χ2n) is 6.03. The molecule has 0 aliphatic heterocycles. The van der Waals surface area contributed by atoms with Crippen LogP contribution in [0.1, 0.15) is 41.8 Å². The highest BCUT2D eigenvalue weighted by Crippen LogP contribution is 2.29. The van der Waals surface area contributed by atoms with Crippen molar-refractivity contribution in [3.8, 4) is 0 Å². The molecular formula is C17H22N4O3S. The number of benzene rings is 1. The van der Waals surface area contributed by atoms with Crippen LogP contribution in [0.15, 0.2) is 23.6 Å². The maximum atomic E-state index is 12.1. The van der Waals surface area contributed by atoms with Gasteiger partial charge in [0, 0.05) is 30.1 Å². The number of hydrogen-bond acceptors (Lipinski definition) is 6. The molecule has 0 radical (unpaired) electrons. The van der Waals surface area contributed by atoms with E-state index in [0.717, 1.165) is 17.1 Å². The average molecular weight is 362 g/mol. The van der Waals surface area contributed by atoms with Crippen LogP contribution in [0, 0.1) is 10.1 Å². The van der Waals surface area contributed by atoms with Gasteiger partial charge in [-0.2, -0.15) is 0 Å². The van der Waals surface area contributed by atoms with Gasteiger partial charge in [-0.15, -0.1) is 11.3 Å². The number of nitro groups is 1. The van der Waals surface area contributed by atoms with Gasteiger partial charge < -0.3 is 10.2 Å².